The van der Waals surface area contributed by atoms with Gasteiger partial charge in [0.25, 0.3) is 0 Å². The summed E-state index contributed by atoms with van der Waals surface area (Å²) in [4.78, 5) is 0.181. The molecule has 1 aliphatic carbocycles. The lowest BCUT2D eigenvalue weighted by Gasteiger charge is -2.27. The van der Waals surface area contributed by atoms with E-state index in [0.717, 1.165) is 11.1 Å². The van der Waals surface area contributed by atoms with Crippen LogP contribution in [0.2, 0.25) is 0 Å². The second-order valence-corrected chi connectivity index (χ2v) is 11.0. The van der Waals surface area contributed by atoms with Gasteiger partial charge in [-0.05, 0) is 49.9 Å². The molecule has 1 N–H and O–H groups in total. The van der Waals surface area contributed by atoms with Crippen LogP contribution in [-0.4, -0.2) is 34.7 Å². The van der Waals surface area contributed by atoms with Crippen molar-refractivity contribution in [1.29, 1.82) is 0 Å². The van der Waals surface area contributed by atoms with Gasteiger partial charge in [-0.15, -0.1) is 0 Å². The van der Waals surface area contributed by atoms with Crippen molar-refractivity contribution < 1.29 is 16.8 Å². The highest BCUT2D eigenvalue weighted by Crippen LogP contribution is 2.40. The van der Waals surface area contributed by atoms with Crippen molar-refractivity contribution in [3.05, 3.63) is 59.7 Å². The van der Waals surface area contributed by atoms with E-state index in [9.17, 15) is 16.8 Å². The fraction of sp³-hybridized carbons (Fsp3) is 0.368. The lowest BCUT2D eigenvalue weighted by atomic mass is 10.1. The Morgan fingerprint density at radius 2 is 1.67 bits per heavy atom. The van der Waals surface area contributed by atoms with E-state index in [4.69, 9.17) is 0 Å². The van der Waals surface area contributed by atoms with E-state index in [-0.39, 0.29) is 16.7 Å². The Bertz CT molecular complexity index is 1060. The molecule has 2 aromatic carbocycles. The number of benzene rings is 2. The first-order valence-corrected chi connectivity index (χ1v) is 12.0. The van der Waals surface area contributed by atoms with Gasteiger partial charge in [-0.3, -0.25) is 4.31 Å². The van der Waals surface area contributed by atoms with Crippen LogP contribution in [0.5, 0.6) is 0 Å². The third-order valence-electron chi connectivity index (χ3n) is 5.08. The maximum atomic E-state index is 12.9. The predicted octanol–water partition coefficient (Wildman–Crippen LogP) is 2.20. The minimum atomic E-state index is -3.70. The molecule has 0 amide bonds. The first-order chi connectivity index (χ1) is 12.8. The maximum absolute atomic E-state index is 12.9. The molecule has 0 bridgehead atoms. The highest BCUT2D eigenvalue weighted by atomic mass is 32.2. The van der Waals surface area contributed by atoms with Crippen LogP contribution in [0.25, 0.3) is 0 Å². The van der Waals surface area contributed by atoms with Crippen molar-refractivity contribution in [2.75, 3.05) is 10.8 Å². The Balaban J connectivity index is 1.58. The van der Waals surface area contributed by atoms with Gasteiger partial charge >= 0.3 is 0 Å². The van der Waals surface area contributed by atoms with Crippen molar-refractivity contribution in [1.82, 2.24) is 4.72 Å². The quantitative estimate of drug-likeness (QED) is 0.797. The van der Waals surface area contributed by atoms with Gasteiger partial charge in [-0.1, -0.05) is 35.9 Å². The van der Waals surface area contributed by atoms with Crippen LogP contribution in [0.1, 0.15) is 24.0 Å². The molecular formula is C19H22N2O4S2. The molecule has 27 heavy (non-hydrogen) atoms. The van der Waals surface area contributed by atoms with Gasteiger partial charge < -0.3 is 0 Å². The first-order valence-electron chi connectivity index (χ1n) is 8.96. The summed E-state index contributed by atoms with van der Waals surface area (Å²) in [7, 11) is -7.16. The fourth-order valence-electron chi connectivity index (χ4n) is 3.47. The molecule has 0 spiro atoms. The molecule has 1 saturated carbocycles. The van der Waals surface area contributed by atoms with Crippen LogP contribution >= 0.6 is 0 Å². The van der Waals surface area contributed by atoms with Gasteiger partial charge in [0.1, 0.15) is 0 Å². The Hall–Kier alpha value is -1.90. The van der Waals surface area contributed by atoms with Gasteiger partial charge in [0.05, 0.1) is 21.9 Å². The van der Waals surface area contributed by atoms with Crippen molar-refractivity contribution in [2.24, 2.45) is 0 Å². The van der Waals surface area contributed by atoms with E-state index >= 15 is 0 Å². The highest BCUT2D eigenvalue weighted by molar-refractivity contribution is 7.93. The Morgan fingerprint density at radius 3 is 2.33 bits per heavy atom. The van der Waals surface area contributed by atoms with Gasteiger partial charge in [0.15, 0.2) is 0 Å². The molecule has 1 heterocycles. The molecule has 144 valence electrons. The summed E-state index contributed by atoms with van der Waals surface area (Å²) in [5, 5.41) is -0.347. The largest absolute Gasteiger partial charge is 0.265 e. The number of hydrogen-bond acceptors (Lipinski definition) is 4. The molecule has 1 fully saturated rings. The summed E-state index contributed by atoms with van der Waals surface area (Å²) in [5.74, 6) is 0. The number of rotatable bonds is 6. The molecule has 2 aromatic rings. The van der Waals surface area contributed by atoms with E-state index in [2.05, 4.69) is 4.72 Å². The Labute approximate surface area is 160 Å². The van der Waals surface area contributed by atoms with E-state index in [1.807, 2.05) is 25.1 Å². The average Bonchev–Trinajstić information content (AvgIpc) is 3.42. The van der Waals surface area contributed by atoms with E-state index < -0.39 is 26.1 Å². The lowest BCUT2D eigenvalue weighted by Crippen LogP contribution is -2.46. The van der Waals surface area contributed by atoms with E-state index in [1.165, 1.54) is 4.31 Å². The summed E-state index contributed by atoms with van der Waals surface area (Å²) in [5.41, 5.74) is 2.58. The average molecular weight is 407 g/mol. The number of sulfonamides is 2. The zero-order valence-electron chi connectivity index (χ0n) is 15.0. The second-order valence-electron chi connectivity index (χ2n) is 7.19. The summed E-state index contributed by atoms with van der Waals surface area (Å²) in [6, 6.07) is 13.5. The molecule has 6 nitrogen and oxygen atoms in total. The smallest absolute Gasteiger partial charge is 0.240 e. The number of para-hydroxylation sites is 1. The lowest BCUT2D eigenvalue weighted by molar-refractivity contribution is 0.558. The van der Waals surface area contributed by atoms with Gasteiger partial charge in [-0.2, -0.15) is 0 Å². The summed E-state index contributed by atoms with van der Waals surface area (Å²) in [6.45, 7) is 1.93. The standard InChI is InChI=1S/C19H22N2O4S2/c1-14-6-8-17(9-7-14)26(22,23)20-13-16-12-15-4-2-3-5-19(15)21(16)27(24,25)18-10-11-18/h2-9,16,18,20H,10-13H2,1H3. The topological polar surface area (TPSA) is 83.6 Å². The monoisotopic (exact) mass is 406 g/mol. The van der Waals surface area contributed by atoms with E-state index in [1.54, 1.807) is 30.3 Å². The minimum absolute atomic E-state index is 0.0385. The van der Waals surface area contributed by atoms with Crippen LogP contribution < -0.4 is 9.03 Å². The molecule has 0 radical (unpaired) electrons. The summed E-state index contributed by atoms with van der Waals surface area (Å²) >= 11 is 0. The van der Waals surface area contributed by atoms with Gasteiger partial charge in [0.2, 0.25) is 20.0 Å². The van der Waals surface area contributed by atoms with Crippen LogP contribution in [0.3, 0.4) is 0 Å². The van der Waals surface area contributed by atoms with Gasteiger partial charge in [-0.25, -0.2) is 21.6 Å². The zero-order chi connectivity index (χ0) is 19.2. The number of nitrogens with one attached hydrogen (secondary N) is 1. The highest BCUT2D eigenvalue weighted by Gasteiger charge is 2.46. The zero-order valence-corrected chi connectivity index (χ0v) is 16.6. The third-order valence-corrected chi connectivity index (χ3v) is 8.87. The molecule has 1 aliphatic heterocycles. The van der Waals surface area contributed by atoms with Crippen LogP contribution in [0.15, 0.2) is 53.4 Å². The molecule has 4 rings (SSSR count). The molecule has 0 aromatic heterocycles. The SMILES string of the molecule is Cc1ccc(S(=O)(=O)NCC2Cc3ccccc3N2S(=O)(=O)C2CC2)cc1. The van der Waals surface area contributed by atoms with E-state index in [0.29, 0.717) is 24.9 Å². The normalized spacial score (nSPS) is 19.9. The fourth-order valence-corrected chi connectivity index (χ4v) is 6.61. The summed E-state index contributed by atoms with van der Waals surface area (Å²) in [6.07, 6.45) is 1.84. The van der Waals surface area contributed by atoms with Crippen molar-refractivity contribution in [3.63, 3.8) is 0 Å². The molecule has 1 atom stereocenters. The number of anilines is 1. The Kier molecular flexibility index (Phi) is 4.52. The number of aryl methyl sites for hydroxylation is 1. The third kappa shape index (κ3) is 3.49. The number of nitrogens with zero attached hydrogens (tertiary/aromatic N) is 1. The Morgan fingerprint density at radius 1 is 1.00 bits per heavy atom. The molecule has 0 saturated heterocycles. The minimum Gasteiger partial charge on any atom is -0.265 e. The molecular weight excluding hydrogens is 384 g/mol. The van der Waals surface area contributed by atoms with Crippen LogP contribution in [0.4, 0.5) is 5.69 Å². The second kappa shape index (κ2) is 6.61. The van der Waals surface area contributed by atoms with Crippen LogP contribution in [-0.2, 0) is 26.5 Å². The molecule has 2 aliphatic rings. The van der Waals surface area contributed by atoms with Gasteiger partial charge in [0, 0.05) is 6.54 Å². The van der Waals surface area contributed by atoms with Crippen molar-refractivity contribution in [2.45, 2.75) is 42.4 Å². The molecule has 1 unspecified atom stereocenters. The first kappa shape index (κ1) is 18.5. The predicted molar refractivity (Wildman–Crippen MR) is 105 cm³/mol. The summed E-state index contributed by atoms with van der Waals surface area (Å²) < 4.78 is 55.1. The van der Waals surface area contributed by atoms with Crippen LogP contribution in [0, 0.1) is 6.92 Å². The van der Waals surface area contributed by atoms with Crippen molar-refractivity contribution >= 4 is 25.7 Å². The number of hydrogen-bond donors (Lipinski definition) is 1. The van der Waals surface area contributed by atoms with Crippen molar-refractivity contribution in [3.8, 4) is 0 Å². The maximum Gasteiger partial charge on any atom is 0.240 e. The molecule has 8 heteroatoms. The number of fused-ring (bicyclic) bond motifs is 1.